The van der Waals surface area contributed by atoms with Gasteiger partial charge in [-0.25, -0.2) is 0 Å². The summed E-state index contributed by atoms with van der Waals surface area (Å²) >= 11 is 3.34. The molecule has 1 aliphatic carbocycles. The van der Waals surface area contributed by atoms with Gasteiger partial charge >= 0.3 is 0 Å². The van der Waals surface area contributed by atoms with E-state index in [0.29, 0.717) is 5.75 Å². The van der Waals surface area contributed by atoms with Gasteiger partial charge in [-0.05, 0) is 37.9 Å². The molecule has 2 nitrogen and oxygen atoms in total. The molecule has 0 heterocycles. The number of hydrogen-bond donors (Lipinski definition) is 2. The summed E-state index contributed by atoms with van der Waals surface area (Å²) in [5.41, 5.74) is 0.971. The van der Waals surface area contributed by atoms with Crippen LogP contribution in [0.3, 0.4) is 0 Å². The van der Waals surface area contributed by atoms with Gasteiger partial charge in [0.1, 0.15) is 5.75 Å². The third-order valence-corrected chi connectivity index (χ3v) is 3.65. The molecule has 1 aromatic rings. The van der Waals surface area contributed by atoms with Crippen LogP contribution in [0.25, 0.3) is 0 Å². The number of hydrogen-bond acceptors (Lipinski definition) is 2. The number of rotatable bonds is 5. The Labute approximate surface area is 105 Å². The Morgan fingerprint density at radius 1 is 1.50 bits per heavy atom. The van der Waals surface area contributed by atoms with E-state index < -0.39 is 0 Å². The summed E-state index contributed by atoms with van der Waals surface area (Å²) in [7, 11) is 0. The fraction of sp³-hybridized carbons (Fsp3) is 0.538. The molecule has 3 heteroatoms. The lowest BCUT2D eigenvalue weighted by molar-refractivity contribution is 0.450. The summed E-state index contributed by atoms with van der Waals surface area (Å²) in [5, 5.41) is 13.3. The first-order valence-electron chi connectivity index (χ1n) is 5.88. The summed E-state index contributed by atoms with van der Waals surface area (Å²) in [5.74, 6) is 1.32. The highest BCUT2D eigenvalue weighted by Gasteiger charge is 2.20. The molecule has 16 heavy (non-hydrogen) atoms. The Balaban J connectivity index is 1.88. The number of phenols is 1. The van der Waals surface area contributed by atoms with Crippen LogP contribution in [0.15, 0.2) is 22.7 Å². The second-order valence-electron chi connectivity index (χ2n) is 4.61. The first-order valence-corrected chi connectivity index (χ1v) is 6.68. The largest absolute Gasteiger partial charge is 0.508 e. The van der Waals surface area contributed by atoms with Gasteiger partial charge in [0.25, 0.3) is 0 Å². The highest BCUT2D eigenvalue weighted by molar-refractivity contribution is 9.10. The van der Waals surface area contributed by atoms with Gasteiger partial charge in [0.15, 0.2) is 0 Å². The average molecular weight is 284 g/mol. The van der Waals surface area contributed by atoms with Gasteiger partial charge in [-0.15, -0.1) is 0 Å². The van der Waals surface area contributed by atoms with Crippen LogP contribution in [-0.2, 0) is 0 Å². The van der Waals surface area contributed by atoms with E-state index in [-0.39, 0.29) is 6.04 Å². The van der Waals surface area contributed by atoms with Crippen molar-refractivity contribution in [3.63, 3.8) is 0 Å². The van der Waals surface area contributed by atoms with E-state index in [9.17, 15) is 5.11 Å². The molecule has 1 atom stereocenters. The average Bonchev–Trinajstić information content (AvgIpc) is 3.01. The van der Waals surface area contributed by atoms with Crippen LogP contribution in [0.1, 0.15) is 37.8 Å². The third-order valence-electron chi connectivity index (χ3n) is 3.16. The summed E-state index contributed by atoms with van der Waals surface area (Å²) < 4.78 is 0.916. The van der Waals surface area contributed by atoms with E-state index in [1.807, 2.05) is 12.1 Å². The summed E-state index contributed by atoms with van der Waals surface area (Å²) in [6.07, 6.45) is 4.07. The molecular formula is C13H18BrNO. The van der Waals surface area contributed by atoms with Crippen molar-refractivity contribution in [3.8, 4) is 5.75 Å². The molecule has 0 amide bonds. The zero-order valence-corrected chi connectivity index (χ0v) is 11.1. The van der Waals surface area contributed by atoms with Crippen molar-refractivity contribution >= 4 is 15.9 Å². The van der Waals surface area contributed by atoms with Crippen molar-refractivity contribution < 1.29 is 5.11 Å². The monoisotopic (exact) mass is 283 g/mol. The van der Waals surface area contributed by atoms with E-state index in [4.69, 9.17) is 0 Å². The highest BCUT2D eigenvalue weighted by atomic mass is 79.9. The van der Waals surface area contributed by atoms with Crippen molar-refractivity contribution in [2.24, 2.45) is 5.92 Å². The zero-order chi connectivity index (χ0) is 11.5. The van der Waals surface area contributed by atoms with Gasteiger partial charge in [0, 0.05) is 16.1 Å². The Kier molecular flexibility index (Phi) is 3.87. The maximum absolute atomic E-state index is 9.81. The second-order valence-corrected chi connectivity index (χ2v) is 5.53. The van der Waals surface area contributed by atoms with Crippen molar-refractivity contribution in [1.29, 1.82) is 0 Å². The topological polar surface area (TPSA) is 32.3 Å². The molecule has 88 valence electrons. The van der Waals surface area contributed by atoms with E-state index in [2.05, 4.69) is 28.2 Å². The minimum Gasteiger partial charge on any atom is -0.508 e. The van der Waals surface area contributed by atoms with Gasteiger partial charge in [-0.2, -0.15) is 0 Å². The predicted octanol–water partition coefficient (Wildman–Crippen LogP) is 3.61. The molecule has 1 aliphatic rings. The molecule has 0 saturated heterocycles. The molecule has 1 saturated carbocycles. The SMILES string of the molecule is CC(NCCC1CC1)c1ccc(Br)cc1O. The summed E-state index contributed by atoms with van der Waals surface area (Å²) in [6, 6.07) is 5.89. The lowest BCUT2D eigenvalue weighted by Crippen LogP contribution is -2.20. The van der Waals surface area contributed by atoms with E-state index in [1.165, 1.54) is 19.3 Å². The Hall–Kier alpha value is -0.540. The Morgan fingerprint density at radius 3 is 2.88 bits per heavy atom. The highest BCUT2D eigenvalue weighted by Crippen LogP contribution is 2.32. The fourth-order valence-corrected chi connectivity index (χ4v) is 2.25. The number of benzene rings is 1. The van der Waals surface area contributed by atoms with Crippen LogP contribution < -0.4 is 5.32 Å². The third kappa shape index (κ3) is 3.22. The van der Waals surface area contributed by atoms with Crippen LogP contribution in [0.4, 0.5) is 0 Å². The van der Waals surface area contributed by atoms with Crippen molar-refractivity contribution in [2.45, 2.75) is 32.2 Å². The molecular weight excluding hydrogens is 266 g/mol. The van der Waals surface area contributed by atoms with Gasteiger partial charge in [0.2, 0.25) is 0 Å². The molecule has 0 aliphatic heterocycles. The summed E-state index contributed by atoms with van der Waals surface area (Å²) in [4.78, 5) is 0. The Bertz CT molecular complexity index is 363. The first kappa shape index (κ1) is 11.9. The standard InChI is InChI=1S/C13H18BrNO/c1-9(15-7-6-10-2-3-10)12-5-4-11(14)8-13(12)16/h4-5,8-10,15-16H,2-3,6-7H2,1H3. The van der Waals surface area contributed by atoms with Crippen LogP contribution in [0.2, 0.25) is 0 Å². The van der Waals surface area contributed by atoms with Crippen LogP contribution in [0, 0.1) is 5.92 Å². The molecule has 0 bridgehead atoms. The molecule has 2 rings (SSSR count). The van der Waals surface area contributed by atoms with Crippen molar-refractivity contribution in [1.82, 2.24) is 5.32 Å². The molecule has 0 aromatic heterocycles. The quantitative estimate of drug-likeness (QED) is 0.865. The van der Waals surface area contributed by atoms with Gasteiger partial charge in [-0.1, -0.05) is 34.8 Å². The van der Waals surface area contributed by atoms with Gasteiger partial charge in [-0.3, -0.25) is 0 Å². The number of aromatic hydroxyl groups is 1. The molecule has 1 fully saturated rings. The molecule has 0 spiro atoms. The molecule has 0 radical (unpaired) electrons. The van der Waals surface area contributed by atoms with Gasteiger partial charge in [0.05, 0.1) is 0 Å². The van der Waals surface area contributed by atoms with Crippen LogP contribution in [-0.4, -0.2) is 11.7 Å². The van der Waals surface area contributed by atoms with Crippen LogP contribution in [0.5, 0.6) is 5.75 Å². The minimum atomic E-state index is 0.215. The van der Waals surface area contributed by atoms with E-state index in [1.54, 1.807) is 6.07 Å². The van der Waals surface area contributed by atoms with Crippen LogP contribution >= 0.6 is 15.9 Å². The maximum Gasteiger partial charge on any atom is 0.121 e. The van der Waals surface area contributed by atoms with E-state index in [0.717, 1.165) is 22.5 Å². The minimum absolute atomic E-state index is 0.215. The Morgan fingerprint density at radius 2 is 2.25 bits per heavy atom. The maximum atomic E-state index is 9.81. The zero-order valence-electron chi connectivity index (χ0n) is 9.54. The number of phenolic OH excluding ortho intramolecular Hbond substituents is 1. The lowest BCUT2D eigenvalue weighted by Gasteiger charge is -2.15. The fourth-order valence-electron chi connectivity index (χ4n) is 1.90. The number of nitrogens with one attached hydrogen (secondary N) is 1. The lowest BCUT2D eigenvalue weighted by atomic mass is 10.1. The first-order chi connectivity index (χ1) is 7.66. The number of halogens is 1. The van der Waals surface area contributed by atoms with E-state index >= 15 is 0 Å². The van der Waals surface area contributed by atoms with Gasteiger partial charge < -0.3 is 10.4 Å². The molecule has 1 unspecified atom stereocenters. The molecule has 1 aromatic carbocycles. The smallest absolute Gasteiger partial charge is 0.121 e. The predicted molar refractivity (Wildman–Crippen MR) is 69.6 cm³/mol. The van der Waals surface area contributed by atoms with Crippen molar-refractivity contribution in [2.75, 3.05) is 6.54 Å². The normalized spacial score (nSPS) is 17.4. The summed E-state index contributed by atoms with van der Waals surface area (Å²) in [6.45, 7) is 3.14. The van der Waals surface area contributed by atoms with Crippen molar-refractivity contribution in [3.05, 3.63) is 28.2 Å². The second kappa shape index (κ2) is 5.19. The molecule has 2 N–H and O–H groups in total.